The second-order valence-electron chi connectivity index (χ2n) is 3.85. The first-order valence-electron chi connectivity index (χ1n) is 7.96. The van der Waals surface area contributed by atoms with Gasteiger partial charge in [-0.3, -0.25) is 9.36 Å². The number of hydrogen-bond donors (Lipinski definition) is 0. The van der Waals surface area contributed by atoms with E-state index in [4.69, 9.17) is 0 Å². The van der Waals surface area contributed by atoms with Crippen molar-refractivity contribution in [2.24, 2.45) is 0 Å². The lowest BCUT2D eigenvalue weighted by Gasteiger charge is -1.90. The molecule has 0 unspecified atom stereocenters. The Kier molecular flexibility index (Phi) is 24.5. The summed E-state index contributed by atoms with van der Waals surface area (Å²) in [6.07, 6.45) is 1.83. The molecular formula is C21H39NOS. The lowest BCUT2D eigenvalue weighted by atomic mass is 10.2. The van der Waals surface area contributed by atoms with Crippen molar-refractivity contribution in [1.82, 2.24) is 4.57 Å². The summed E-state index contributed by atoms with van der Waals surface area (Å²) in [6.45, 7) is 18.4. The largest absolute Gasteiger partial charge is 0.300 e. The average Bonchev–Trinajstić information content (AvgIpc) is 2.86. The van der Waals surface area contributed by atoms with Crippen molar-refractivity contribution in [3.05, 3.63) is 55.4 Å². The fraction of sp³-hybridized carbons (Fsp3) is 0.476. The van der Waals surface area contributed by atoms with Gasteiger partial charge in [0, 0.05) is 6.54 Å². The number of rotatable bonds is 1. The molecule has 2 aromatic rings. The van der Waals surface area contributed by atoms with Gasteiger partial charge >= 0.3 is 0 Å². The third kappa shape index (κ3) is 11.0. The van der Waals surface area contributed by atoms with Crippen LogP contribution >= 0.6 is 11.3 Å². The first-order chi connectivity index (χ1) is 10.6. The molecule has 0 aliphatic heterocycles. The monoisotopic (exact) mass is 353 g/mol. The molecule has 2 rings (SSSR count). The molecule has 1 aromatic heterocycles. The van der Waals surface area contributed by atoms with Gasteiger partial charge in [0.1, 0.15) is 0 Å². The molecule has 0 fully saturated rings. The van der Waals surface area contributed by atoms with Gasteiger partial charge in [-0.05, 0) is 20.8 Å². The van der Waals surface area contributed by atoms with Crippen LogP contribution < -0.4 is 14.8 Å². The van der Waals surface area contributed by atoms with E-state index in [2.05, 4.69) is 25.6 Å². The number of hydrogen-bond acceptors (Lipinski definition) is 2. The molecule has 0 spiro atoms. The van der Waals surface area contributed by atoms with Gasteiger partial charge in [0.2, 0.25) is 0 Å². The maximum atomic E-state index is 11.4. The second-order valence-corrected chi connectivity index (χ2v) is 4.97. The van der Waals surface area contributed by atoms with Gasteiger partial charge in [0.05, 0.1) is 9.20 Å². The molecule has 0 saturated heterocycles. The van der Waals surface area contributed by atoms with Crippen LogP contribution in [0.5, 0.6) is 0 Å². The average molecular weight is 354 g/mol. The highest BCUT2D eigenvalue weighted by Crippen LogP contribution is 1.92. The molecule has 0 saturated carbocycles. The summed E-state index contributed by atoms with van der Waals surface area (Å²) >= 11 is 1.45. The highest BCUT2D eigenvalue weighted by atomic mass is 32.1. The molecule has 0 N–H and O–H groups in total. The molecular weight excluding hydrogens is 314 g/mol. The predicted octanol–water partition coefficient (Wildman–Crippen LogP) is 5.46. The van der Waals surface area contributed by atoms with Crippen LogP contribution in [0.3, 0.4) is 0 Å². The molecule has 2 nitrogen and oxygen atoms in total. The summed E-state index contributed by atoms with van der Waals surface area (Å²) in [5.74, 6) is 0. The van der Waals surface area contributed by atoms with Gasteiger partial charge in [0.15, 0.2) is 0 Å². The molecule has 0 bridgehead atoms. The molecule has 0 aliphatic carbocycles. The Morgan fingerprint density at radius 3 is 1.75 bits per heavy atom. The zero-order valence-corrected chi connectivity index (χ0v) is 16.0. The summed E-state index contributed by atoms with van der Waals surface area (Å²) in [4.78, 5) is 11.4. The van der Waals surface area contributed by atoms with Crippen LogP contribution in [0.1, 0.15) is 62.0 Å². The second kappa shape index (κ2) is 19.4. The Hall–Kier alpha value is -1.61. The Morgan fingerprint density at radius 2 is 1.54 bits per heavy atom. The normalized spacial score (nSPS) is 8.71. The quantitative estimate of drug-likeness (QED) is 0.667. The zero-order chi connectivity index (χ0) is 17.5. The van der Waals surface area contributed by atoms with Crippen LogP contribution in [-0.4, -0.2) is 4.57 Å². The third-order valence-corrected chi connectivity index (χ3v) is 3.59. The Labute approximate surface area is 154 Å². The lowest BCUT2D eigenvalue weighted by molar-refractivity contribution is 0.724. The molecule has 140 valence electrons. The minimum absolute atomic E-state index is 0. The van der Waals surface area contributed by atoms with Crippen LogP contribution in [-0.2, 0) is 6.54 Å². The lowest BCUT2D eigenvalue weighted by Crippen LogP contribution is -2.29. The van der Waals surface area contributed by atoms with Crippen LogP contribution in [0, 0.1) is 6.92 Å². The van der Waals surface area contributed by atoms with Crippen LogP contribution in [0.25, 0.3) is 12.7 Å². The topological polar surface area (TPSA) is 22.0 Å². The molecule has 0 amide bonds. The summed E-state index contributed by atoms with van der Waals surface area (Å²) in [6, 6.07) is 10.3. The van der Waals surface area contributed by atoms with E-state index in [1.807, 2.05) is 65.8 Å². The van der Waals surface area contributed by atoms with Gasteiger partial charge in [0.25, 0.3) is 5.56 Å². The van der Waals surface area contributed by atoms with Crippen molar-refractivity contribution in [2.45, 2.75) is 69.9 Å². The fourth-order valence-electron chi connectivity index (χ4n) is 1.51. The van der Waals surface area contributed by atoms with Gasteiger partial charge in [-0.15, -0.1) is 11.3 Å². The van der Waals surface area contributed by atoms with Gasteiger partial charge < -0.3 is 0 Å². The first kappa shape index (κ1) is 30.3. The summed E-state index contributed by atoms with van der Waals surface area (Å²) < 4.78 is 3.31. The first-order valence-corrected chi connectivity index (χ1v) is 8.78. The molecule has 0 atom stereocenters. The van der Waals surface area contributed by atoms with E-state index in [0.29, 0.717) is 6.54 Å². The number of benzene rings is 1. The number of thiazole rings is 1. The van der Waals surface area contributed by atoms with Crippen LogP contribution in [0.4, 0.5) is 0 Å². The van der Waals surface area contributed by atoms with Crippen LogP contribution in [0.2, 0.25) is 0 Å². The maximum Gasteiger partial charge on any atom is 0.268 e. The van der Waals surface area contributed by atoms with E-state index < -0.39 is 0 Å². The van der Waals surface area contributed by atoms with E-state index in [9.17, 15) is 4.79 Å². The van der Waals surface area contributed by atoms with Gasteiger partial charge in [-0.2, -0.15) is 0 Å². The van der Waals surface area contributed by atoms with Crippen molar-refractivity contribution in [3.63, 3.8) is 0 Å². The van der Waals surface area contributed by atoms with Crippen molar-refractivity contribution in [3.8, 4) is 0 Å². The predicted molar refractivity (Wildman–Crippen MR) is 117 cm³/mol. The van der Waals surface area contributed by atoms with E-state index in [-0.39, 0.29) is 20.4 Å². The summed E-state index contributed by atoms with van der Waals surface area (Å²) in [5.41, 5.74) is 1.41. The highest BCUT2D eigenvalue weighted by molar-refractivity contribution is 7.07. The van der Waals surface area contributed by atoms with E-state index in [0.717, 1.165) is 9.20 Å². The van der Waals surface area contributed by atoms with Crippen molar-refractivity contribution < 1.29 is 0 Å². The molecule has 0 aliphatic rings. The van der Waals surface area contributed by atoms with Gasteiger partial charge in [-0.1, -0.05) is 91.1 Å². The molecule has 1 aromatic carbocycles. The van der Waals surface area contributed by atoms with Gasteiger partial charge in [-0.25, -0.2) is 0 Å². The minimum atomic E-state index is 0. The number of aromatic nitrogens is 1. The molecule has 24 heavy (non-hydrogen) atoms. The van der Waals surface area contributed by atoms with E-state index >= 15 is 0 Å². The molecule has 0 radical (unpaired) electrons. The molecule has 1 heterocycles. The van der Waals surface area contributed by atoms with E-state index in [1.165, 1.54) is 16.9 Å². The molecule has 3 heteroatoms. The van der Waals surface area contributed by atoms with Crippen LogP contribution in [0.15, 0.2) is 35.1 Å². The third-order valence-electron chi connectivity index (χ3n) is 2.50. The zero-order valence-electron chi connectivity index (χ0n) is 15.1. The Morgan fingerprint density at radius 1 is 1.08 bits per heavy atom. The number of aryl methyl sites for hydroxylation is 1. The van der Waals surface area contributed by atoms with Crippen molar-refractivity contribution in [2.75, 3.05) is 0 Å². The fourth-order valence-corrected chi connectivity index (χ4v) is 2.40. The maximum absolute atomic E-state index is 11.4. The minimum Gasteiger partial charge on any atom is -0.300 e. The smallest absolute Gasteiger partial charge is 0.268 e. The summed E-state index contributed by atoms with van der Waals surface area (Å²) in [5, 5.41) is 0. The Balaban J connectivity index is -0.000000135. The SMILES string of the molecule is C.C.C=c1s/c(=C\C)c(=O)n1CC.CC.CC.Cc1ccccc1. The Bertz CT molecular complexity index is 639. The van der Waals surface area contributed by atoms with E-state index in [1.54, 1.807) is 4.57 Å². The van der Waals surface area contributed by atoms with Crippen molar-refractivity contribution >= 4 is 24.0 Å². The summed E-state index contributed by atoms with van der Waals surface area (Å²) in [7, 11) is 0. The number of nitrogens with zero attached hydrogens (tertiary/aromatic N) is 1. The van der Waals surface area contributed by atoms with Crippen molar-refractivity contribution in [1.29, 1.82) is 0 Å². The highest BCUT2D eigenvalue weighted by Gasteiger charge is 1.97. The standard InChI is InChI=1S/C8H11NOS.C7H8.2C2H6.2CH4/c1-4-7-8(10)9(5-2)6(3)11-7;1-7-5-3-2-4-6-7;2*1-2;;/h4H,3,5H2,1-2H3;2-6H,1H3;2*1-2H3;2*1H4/b7-4-;;;;;.